The Balaban J connectivity index is 2.12. The summed E-state index contributed by atoms with van der Waals surface area (Å²) in [4.78, 5) is 21.0. The summed E-state index contributed by atoms with van der Waals surface area (Å²) >= 11 is 5.78. The van der Waals surface area contributed by atoms with Gasteiger partial charge < -0.3 is 0 Å². The number of hydrogen-bond donors (Lipinski definition) is 0. The Labute approximate surface area is 92.8 Å². The van der Waals surface area contributed by atoms with Gasteiger partial charge in [0.1, 0.15) is 5.69 Å². The van der Waals surface area contributed by atoms with Gasteiger partial charge in [-0.15, -0.1) is 0 Å². The first-order valence-corrected chi connectivity index (χ1v) is 5.21. The molecule has 1 amide bonds. The predicted molar refractivity (Wildman–Crippen MR) is 55.5 cm³/mol. The molecule has 1 saturated heterocycles. The number of hydroxylamine groups is 2. The van der Waals surface area contributed by atoms with E-state index in [1.165, 1.54) is 11.3 Å². The molecule has 0 atom stereocenters. The van der Waals surface area contributed by atoms with E-state index in [1.807, 2.05) is 0 Å². The molecule has 0 aromatic carbocycles. The second kappa shape index (κ2) is 4.59. The molecule has 0 bridgehead atoms. The Bertz CT molecular complexity index is 364. The van der Waals surface area contributed by atoms with Crippen molar-refractivity contribution >= 4 is 17.5 Å². The van der Waals surface area contributed by atoms with Crippen LogP contribution < -0.4 is 0 Å². The van der Waals surface area contributed by atoms with Crippen LogP contribution in [0.15, 0.2) is 18.3 Å². The van der Waals surface area contributed by atoms with Crippen LogP contribution in [0.2, 0.25) is 5.02 Å². The highest BCUT2D eigenvalue weighted by atomic mass is 35.5. The molecule has 1 aliphatic rings. The van der Waals surface area contributed by atoms with E-state index in [4.69, 9.17) is 16.4 Å². The van der Waals surface area contributed by atoms with Crippen molar-refractivity contribution in [3.05, 3.63) is 29.0 Å². The highest BCUT2D eigenvalue weighted by molar-refractivity contribution is 6.30. The highest BCUT2D eigenvalue weighted by Crippen LogP contribution is 2.13. The van der Waals surface area contributed by atoms with Gasteiger partial charge in [-0.25, -0.2) is 5.06 Å². The summed E-state index contributed by atoms with van der Waals surface area (Å²) in [6.45, 7) is 1.21. The molecule has 0 spiro atoms. The van der Waals surface area contributed by atoms with Crippen LogP contribution in [-0.2, 0) is 4.84 Å². The second-order valence-electron chi connectivity index (χ2n) is 3.31. The molecule has 1 aromatic heterocycles. The van der Waals surface area contributed by atoms with Crippen LogP contribution in [0.4, 0.5) is 0 Å². The molecule has 1 aliphatic heterocycles. The van der Waals surface area contributed by atoms with Crippen molar-refractivity contribution in [1.82, 2.24) is 10.0 Å². The Hall–Kier alpha value is -1.13. The first-order chi connectivity index (χ1) is 7.27. The lowest BCUT2D eigenvalue weighted by Crippen LogP contribution is -2.36. The zero-order chi connectivity index (χ0) is 10.7. The van der Waals surface area contributed by atoms with E-state index in [0.29, 0.717) is 23.9 Å². The smallest absolute Gasteiger partial charge is 0.271 e. The van der Waals surface area contributed by atoms with Crippen LogP contribution in [0.1, 0.15) is 23.3 Å². The highest BCUT2D eigenvalue weighted by Gasteiger charge is 2.20. The molecule has 4 nitrogen and oxygen atoms in total. The maximum Gasteiger partial charge on any atom is 0.296 e. The number of carbonyl (C=O) groups is 1. The minimum Gasteiger partial charge on any atom is -0.271 e. The van der Waals surface area contributed by atoms with E-state index in [0.717, 1.165) is 12.8 Å². The topological polar surface area (TPSA) is 42.4 Å². The average Bonchev–Trinajstić information content (AvgIpc) is 2.29. The van der Waals surface area contributed by atoms with Crippen LogP contribution in [0.5, 0.6) is 0 Å². The molecule has 0 radical (unpaired) electrons. The number of amides is 1. The Morgan fingerprint density at radius 1 is 1.53 bits per heavy atom. The largest absolute Gasteiger partial charge is 0.296 e. The number of carbonyl (C=O) groups excluding carboxylic acids is 1. The molecule has 1 aromatic rings. The van der Waals surface area contributed by atoms with Gasteiger partial charge in [0.25, 0.3) is 5.91 Å². The molecule has 15 heavy (non-hydrogen) atoms. The second-order valence-corrected chi connectivity index (χ2v) is 3.74. The molecule has 2 heterocycles. The van der Waals surface area contributed by atoms with Crippen LogP contribution in [0, 0.1) is 0 Å². The molecule has 1 fully saturated rings. The summed E-state index contributed by atoms with van der Waals surface area (Å²) in [5.41, 5.74) is 0.324. The Morgan fingerprint density at radius 3 is 3.07 bits per heavy atom. The SMILES string of the molecule is O=C(c1cc(Cl)ccn1)N1CCCCO1. The predicted octanol–water partition coefficient (Wildman–Crippen LogP) is 1.90. The van der Waals surface area contributed by atoms with E-state index in [1.54, 1.807) is 12.1 Å². The third-order valence-corrected chi connectivity index (χ3v) is 2.41. The fraction of sp³-hybridized carbons (Fsp3) is 0.400. The molecule has 2 rings (SSSR count). The van der Waals surface area contributed by atoms with Crippen molar-refractivity contribution in [3.63, 3.8) is 0 Å². The van der Waals surface area contributed by atoms with Gasteiger partial charge in [0.05, 0.1) is 6.61 Å². The summed E-state index contributed by atoms with van der Waals surface area (Å²) in [5.74, 6) is -0.225. The third-order valence-electron chi connectivity index (χ3n) is 2.17. The summed E-state index contributed by atoms with van der Waals surface area (Å²) in [6.07, 6.45) is 3.47. The van der Waals surface area contributed by atoms with E-state index in [9.17, 15) is 4.79 Å². The zero-order valence-corrected chi connectivity index (χ0v) is 8.91. The minimum atomic E-state index is -0.225. The average molecular weight is 227 g/mol. The number of halogens is 1. The van der Waals surface area contributed by atoms with Crippen LogP contribution in [0.25, 0.3) is 0 Å². The van der Waals surface area contributed by atoms with Crippen LogP contribution in [-0.4, -0.2) is 29.1 Å². The summed E-state index contributed by atoms with van der Waals surface area (Å²) in [6, 6.07) is 3.18. The van der Waals surface area contributed by atoms with Gasteiger partial charge in [-0.2, -0.15) is 0 Å². The number of nitrogens with zero attached hydrogens (tertiary/aromatic N) is 2. The lowest BCUT2D eigenvalue weighted by Gasteiger charge is -2.25. The quantitative estimate of drug-likeness (QED) is 0.735. The maximum atomic E-state index is 11.8. The molecule has 0 aliphatic carbocycles. The first-order valence-electron chi connectivity index (χ1n) is 4.84. The first kappa shape index (κ1) is 10.4. The van der Waals surface area contributed by atoms with Crippen molar-refractivity contribution in [1.29, 1.82) is 0 Å². The lowest BCUT2D eigenvalue weighted by atomic mass is 10.2. The fourth-order valence-corrected chi connectivity index (χ4v) is 1.57. The van der Waals surface area contributed by atoms with Gasteiger partial charge in [0.2, 0.25) is 0 Å². The van der Waals surface area contributed by atoms with Crippen molar-refractivity contribution in [3.8, 4) is 0 Å². The Morgan fingerprint density at radius 2 is 2.40 bits per heavy atom. The number of pyridine rings is 1. The maximum absolute atomic E-state index is 11.8. The summed E-state index contributed by atoms with van der Waals surface area (Å²) < 4.78 is 0. The monoisotopic (exact) mass is 226 g/mol. The van der Waals surface area contributed by atoms with Crippen molar-refractivity contribution < 1.29 is 9.63 Å². The van der Waals surface area contributed by atoms with Crippen molar-refractivity contribution in [2.24, 2.45) is 0 Å². The van der Waals surface area contributed by atoms with E-state index >= 15 is 0 Å². The molecular formula is C10H11ClN2O2. The third kappa shape index (κ3) is 2.46. The fourth-order valence-electron chi connectivity index (χ4n) is 1.41. The number of rotatable bonds is 1. The molecule has 0 N–H and O–H groups in total. The van der Waals surface area contributed by atoms with Crippen molar-refractivity contribution in [2.75, 3.05) is 13.2 Å². The van der Waals surface area contributed by atoms with Crippen LogP contribution in [0.3, 0.4) is 0 Å². The van der Waals surface area contributed by atoms with Gasteiger partial charge in [-0.05, 0) is 25.0 Å². The molecule has 80 valence electrons. The van der Waals surface area contributed by atoms with Gasteiger partial charge in [-0.1, -0.05) is 11.6 Å². The van der Waals surface area contributed by atoms with Crippen molar-refractivity contribution in [2.45, 2.75) is 12.8 Å². The van der Waals surface area contributed by atoms with Crippen LogP contribution >= 0.6 is 11.6 Å². The number of hydrogen-bond acceptors (Lipinski definition) is 3. The molecule has 0 saturated carbocycles. The minimum absolute atomic E-state index is 0.225. The van der Waals surface area contributed by atoms with E-state index < -0.39 is 0 Å². The number of aromatic nitrogens is 1. The zero-order valence-electron chi connectivity index (χ0n) is 8.15. The van der Waals surface area contributed by atoms with Gasteiger partial charge >= 0.3 is 0 Å². The normalized spacial score (nSPS) is 16.5. The summed E-state index contributed by atoms with van der Waals surface area (Å²) in [5, 5.41) is 1.85. The molecular weight excluding hydrogens is 216 g/mol. The molecule has 0 unspecified atom stereocenters. The van der Waals surface area contributed by atoms with Gasteiger partial charge in [0, 0.05) is 17.8 Å². The standard InChI is InChI=1S/C10H11ClN2O2/c11-8-3-4-12-9(7-8)10(14)13-5-1-2-6-15-13/h3-4,7H,1-2,5-6H2. The Kier molecular flexibility index (Phi) is 3.18. The summed E-state index contributed by atoms with van der Waals surface area (Å²) in [7, 11) is 0. The van der Waals surface area contributed by atoms with E-state index in [-0.39, 0.29) is 5.91 Å². The van der Waals surface area contributed by atoms with Gasteiger partial charge in [-0.3, -0.25) is 14.6 Å². The van der Waals surface area contributed by atoms with Gasteiger partial charge in [0.15, 0.2) is 0 Å². The van der Waals surface area contributed by atoms with E-state index in [2.05, 4.69) is 4.98 Å². The lowest BCUT2D eigenvalue weighted by molar-refractivity contribution is -0.144. The molecule has 5 heteroatoms.